The molecule has 96 valence electrons. The number of likely N-dealkylation sites (tertiary alicyclic amines) is 1. The number of hydrogen-bond acceptors (Lipinski definition) is 4. The average Bonchev–Trinajstić information content (AvgIpc) is 2.71. The van der Waals surface area contributed by atoms with E-state index in [-0.39, 0.29) is 12.2 Å². The summed E-state index contributed by atoms with van der Waals surface area (Å²) in [7, 11) is 3.51. The molecule has 0 bridgehead atoms. The minimum Gasteiger partial charge on any atom is -0.377 e. The Morgan fingerprint density at radius 3 is 2.25 bits per heavy atom. The van der Waals surface area contributed by atoms with Gasteiger partial charge in [-0.05, 0) is 25.8 Å². The quantitative estimate of drug-likeness (QED) is 0.704. The molecule has 16 heavy (non-hydrogen) atoms. The third-order valence-corrected chi connectivity index (χ3v) is 3.47. The highest BCUT2D eigenvalue weighted by atomic mass is 16.5. The van der Waals surface area contributed by atoms with Crippen molar-refractivity contribution in [3.05, 3.63) is 0 Å². The highest BCUT2D eigenvalue weighted by Crippen LogP contribution is 2.16. The van der Waals surface area contributed by atoms with Crippen molar-refractivity contribution in [2.75, 3.05) is 33.9 Å². The summed E-state index contributed by atoms with van der Waals surface area (Å²) in [4.78, 5) is 2.41. The number of hydrogen-bond donors (Lipinski definition) is 1. The van der Waals surface area contributed by atoms with Crippen LogP contribution in [0.15, 0.2) is 0 Å². The Morgan fingerprint density at radius 1 is 1.25 bits per heavy atom. The third kappa shape index (κ3) is 4.01. The first-order chi connectivity index (χ1) is 7.71. The maximum absolute atomic E-state index is 5.90. The van der Waals surface area contributed by atoms with E-state index < -0.39 is 0 Å². The van der Waals surface area contributed by atoms with E-state index in [0.29, 0.717) is 6.04 Å². The molecular weight excluding hydrogens is 204 g/mol. The summed E-state index contributed by atoms with van der Waals surface area (Å²) in [6, 6.07) is 0.360. The first-order valence-corrected chi connectivity index (χ1v) is 6.24. The number of nitrogens with two attached hydrogens (primary N) is 1. The van der Waals surface area contributed by atoms with E-state index in [1.165, 1.54) is 6.42 Å². The van der Waals surface area contributed by atoms with E-state index >= 15 is 0 Å². The number of ether oxygens (including phenoxy) is 2. The van der Waals surface area contributed by atoms with Gasteiger partial charge in [-0.15, -0.1) is 0 Å². The van der Waals surface area contributed by atoms with Gasteiger partial charge in [0.2, 0.25) is 0 Å². The van der Waals surface area contributed by atoms with Crippen LogP contribution in [0.5, 0.6) is 0 Å². The van der Waals surface area contributed by atoms with Gasteiger partial charge in [0.05, 0.1) is 12.2 Å². The Kier molecular flexibility index (Phi) is 6.28. The van der Waals surface area contributed by atoms with Crippen molar-refractivity contribution in [3.63, 3.8) is 0 Å². The second kappa shape index (κ2) is 7.22. The van der Waals surface area contributed by atoms with Crippen LogP contribution in [-0.2, 0) is 9.47 Å². The summed E-state index contributed by atoms with van der Waals surface area (Å²) >= 11 is 0. The van der Waals surface area contributed by atoms with Crippen molar-refractivity contribution < 1.29 is 9.47 Å². The molecule has 3 unspecified atom stereocenters. The topological polar surface area (TPSA) is 47.7 Å². The van der Waals surface area contributed by atoms with Crippen molar-refractivity contribution in [1.82, 2.24) is 4.90 Å². The standard InChI is InChI=1S/C12H26N2O2/c1-4-10(13)6-5-7-14-8-11(15-2)12(9-14)16-3/h10-12H,4-9,13H2,1-3H3. The van der Waals surface area contributed by atoms with Gasteiger partial charge >= 0.3 is 0 Å². The number of rotatable bonds is 7. The third-order valence-electron chi connectivity index (χ3n) is 3.47. The summed E-state index contributed by atoms with van der Waals surface area (Å²) in [5.74, 6) is 0. The lowest BCUT2D eigenvalue weighted by atomic mass is 10.1. The normalized spacial score (nSPS) is 28.5. The summed E-state index contributed by atoms with van der Waals surface area (Å²) in [6.07, 6.45) is 3.81. The second-order valence-electron chi connectivity index (χ2n) is 4.62. The molecule has 4 heteroatoms. The van der Waals surface area contributed by atoms with Crippen LogP contribution in [0.25, 0.3) is 0 Å². The predicted octanol–water partition coefficient (Wildman–Crippen LogP) is 0.850. The molecule has 3 atom stereocenters. The Balaban J connectivity index is 2.19. The molecule has 0 radical (unpaired) electrons. The molecule has 1 saturated heterocycles. The van der Waals surface area contributed by atoms with Crippen molar-refractivity contribution in [1.29, 1.82) is 0 Å². The van der Waals surface area contributed by atoms with Crippen molar-refractivity contribution >= 4 is 0 Å². The zero-order valence-electron chi connectivity index (χ0n) is 10.8. The van der Waals surface area contributed by atoms with Crippen LogP contribution >= 0.6 is 0 Å². The molecule has 1 aliphatic heterocycles. The van der Waals surface area contributed by atoms with E-state index in [2.05, 4.69) is 11.8 Å². The SMILES string of the molecule is CCC(N)CCCN1CC(OC)C(OC)C1. The second-order valence-corrected chi connectivity index (χ2v) is 4.62. The molecule has 4 nitrogen and oxygen atoms in total. The minimum atomic E-state index is 0.227. The van der Waals surface area contributed by atoms with Crippen LogP contribution in [0, 0.1) is 0 Å². The molecule has 0 aromatic carbocycles. The van der Waals surface area contributed by atoms with Crippen molar-refractivity contribution in [2.24, 2.45) is 5.73 Å². The Hall–Kier alpha value is -0.160. The molecule has 0 spiro atoms. The molecule has 0 aliphatic carbocycles. The summed E-state index contributed by atoms with van der Waals surface area (Å²) < 4.78 is 10.8. The van der Waals surface area contributed by atoms with E-state index in [4.69, 9.17) is 15.2 Å². The molecule has 0 saturated carbocycles. The molecule has 0 aromatic rings. The largest absolute Gasteiger partial charge is 0.377 e. The Bertz CT molecular complexity index is 178. The lowest BCUT2D eigenvalue weighted by Crippen LogP contribution is -2.27. The van der Waals surface area contributed by atoms with Gasteiger partial charge in [-0.1, -0.05) is 6.92 Å². The summed E-state index contributed by atoms with van der Waals surface area (Å²) in [5.41, 5.74) is 5.90. The summed E-state index contributed by atoms with van der Waals surface area (Å²) in [5, 5.41) is 0. The molecule has 0 amide bonds. The lowest BCUT2D eigenvalue weighted by Gasteiger charge is -2.16. The highest BCUT2D eigenvalue weighted by molar-refractivity contribution is 4.85. The predicted molar refractivity (Wildman–Crippen MR) is 65.5 cm³/mol. The van der Waals surface area contributed by atoms with E-state index in [9.17, 15) is 0 Å². The summed E-state index contributed by atoms with van der Waals surface area (Å²) in [6.45, 7) is 5.21. The van der Waals surface area contributed by atoms with Crippen LogP contribution in [0.1, 0.15) is 26.2 Å². The molecule has 2 N–H and O–H groups in total. The fourth-order valence-corrected chi connectivity index (χ4v) is 2.24. The fraction of sp³-hybridized carbons (Fsp3) is 1.00. The van der Waals surface area contributed by atoms with Crippen molar-refractivity contribution in [3.8, 4) is 0 Å². The van der Waals surface area contributed by atoms with Crippen LogP contribution in [0.2, 0.25) is 0 Å². The lowest BCUT2D eigenvalue weighted by molar-refractivity contribution is -0.00461. The number of nitrogens with zero attached hydrogens (tertiary/aromatic N) is 1. The molecule has 1 rings (SSSR count). The smallest absolute Gasteiger partial charge is 0.0971 e. The highest BCUT2D eigenvalue weighted by Gasteiger charge is 2.32. The zero-order chi connectivity index (χ0) is 12.0. The van der Waals surface area contributed by atoms with Crippen molar-refractivity contribution in [2.45, 2.75) is 44.4 Å². The van der Waals surface area contributed by atoms with Gasteiger partial charge in [-0.25, -0.2) is 0 Å². The van der Waals surface area contributed by atoms with Gasteiger partial charge in [0.1, 0.15) is 0 Å². The van der Waals surface area contributed by atoms with Gasteiger partial charge in [0.25, 0.3) is 0 Å². The average molecular weight is 230 g/mol. The number of methoxy groups -OCH3 is 2. The van der Waals surface area contributed by atoms with Crippen LogP contribution < -0.4 is 5.73 Å². The molecular formula is C12H26N2O2. The molecule has 1 heterocycles. The Morgan fingerprint density at radius 2 is 1.81 bits per heavy atom. The van der Waals surface area contributed by atoms with E-state index in [1.807, 2.05) is 0 Å². The van der Waals surface area contributed by atoms with Gasteiger partial charge < -0.3 is 15.2 Å². The Labute approximate surface area is 99.1 Å². The van der Waals surface area contributed by atoms with E-state index in [0.717, 1.165) is 32.5 Å². The maximum Gasteiger partial charge on any atom is 0.0971 e. The zero-order valence-corrected chi connectivity index (χ0v) is 10.8. The minimum absolute atomic E-state index is 0.227. The molecule has 0 aromatic heterocycles. The molecule has 1 aliphatic rings. The monoisotopic (exact) mass is 230 g/mol. The van der Waals surface area contributed by atoms with E-state index in [1.54, 1.807) is 14.2 Å². The first kappa shape index (κ1) is 13.9. The fourth-order valence-electron chi connectivity index (χ4n) is 2.24. The van der Waals surface area contributed by atoms with Crippen LogP contribution in [0.4, 0.5) is 0 Å². The van der Waals surface area contributed by atoms with Gasteiger partial charge in [-0.3, -0.25) is 4.90 Å². The van der Waals surface area contributed by atoms with Crippen LogP contribution in [-0.4, -0.2) is 57.0 Å². The van der Waals surface area contributed by atoms with Gasteiger partial charge in [0, 0.05) is 33.4 Å². The first-order valence-electron chi connectivity index (χ1n) is 6.24. The van der Waals surface area contributed by atoms with Crippen LogP contribution in [0.3, 0.4) is 0 Å². The van der Waals surface area contributed by atoms with Gasteiger partial charge in [0.15, 0.2) is 0 Å². The molecule has 1 fully saturated rings. The maximum atomic E-state index is 5.90. The van der Waals surface area contributed by atoms with Gasteiger partial charge in [-0.2, -0.15) is 0 Å².